The number of unbranched alkanes of at least 4 members (excludes halogenated alkanes) is 1. The fourth-order valence-electron chi connectivity index (χ4n) is 1.68. The highest BCUT2D eigenvalue weighted by atomic mass is 16.6. The van der Waals surface area contributed by atoms with Gasteiger partial charge in [-0.2, -0.15) is 0 Å². The first kappa shape index (κ1) is 10.7. The molecule has 0 amide bonds. The van der Waals surface area contributed by atoms with Crippen LogP contribution in [0, 0.1) is 4.91 Å². The van der Waals surface area contributed by atoms with E-state index in [9.17, 15) is 4.91 Å². The summed E-state index contributed by atoms with van der Waals surface area (Å²) in [5, 5.41) is 9.62. The smallest absolute Gasteiger partial charge is 0.317 e. The average Bonchev–Trinajstić information content (AvgIpc) is 2.67. The lowest BCUT2D eigenvalue weighted by Crippen LogP contribution is -1.90. The van der Waals surface area contributed by atoms with E-state index in [-0.39, 0.29) is 10.6 Å². The highest BCUT2D eigenvalue weighted by molar-refractivity contribution is 5.80. The zero-order valence-electron chi connectivity index (χ0n) is 9.14. The molecule has 0 aliphatic carbocycles. The molecule has 0 spiro atoms. The van der Waals surface area contributed by atoms with Gasteiger partial charge < -0.3 is 4.42 Å². The van der Waals surface area contributed by atoms with E-state index in [0.29, 0.717) is 0 Å². The van der Waals surface area contributed by atoms with Gasteiger partial charge in [-0.1, -0.05) is 13.3 Å². The number of hydrogen-bond donors (Lipinski definition) is 1. The van der Waals surface area contributed by atoms with Crippen molar-refractivity contribution in [3.05, 3.63) is 34.9 Å². The molecule has 0 saturated heterocycles. The van der Waals surface area contributed by atoms with Crippen LogP contribution in [0.1, 0.15) is 25.5 Å². The van der Waals surface area contributed by atoms with Gasteiger partial charge in [0.15, 0.2) is 0 Å². The first-order chi connectivity index (χ1) is 7.70. The van der Waals surface area contributed by atoms with E-state index >= 15 is 0 Å². The summed E-state index contributed by atoms with van der Waals surface area (Å²) in [5.41, 5.74) is 0.965. The quantitative estimate of drug-likeness (QED) is 0.801. The highest BCUT2D eigenvalue weighted by Crippen LogP contribution is 2.24. The predicted octanol–water partition coefficient (Wildman–Crippen LogP) is 3.58. The van der Waals surface area contributed by atoms with Crippen molar-refractivity contribution in [2.75, 3.05) is 0 Å². The monoisotopic (exact) mass is 220 g/mol. The van der Waals surface area contributed by atoms with Crippen LogP contribution in [0.2, 0.25) is 0 Å². The maximum Gasteiger partial charge on any atom is 0.317 e. The maximum atomic E-state index is 10.7. The van der Waals surface area contributed by atoms with Gasteiger partial charge in [-0.3, -0.25) is 0 Å². The van der Waals surface area contributed by atoms with E-state index < -0.39 is 0 Å². The second kappa shape index (κ2) is 4.35. The molecular weight excluding hydrogens is 206 g/mol. The average molecular weight is 220 g/mol. The first-order valence-electron chi connectivity index (χ1n) is 5.39. The molecule has 0 fully saturated rings. The number of benzene rings is 1. The Morgan fingerprint density at radius 3 is 2.88 bits per heavy atom. The summed E-state index contributed by atoms with van der Waals surface area (Å²) in [6.07, 6.45) is 3.11. The third-order valence-electron chi connectivity index (χ3n) is 2.55. The van der Waals surface area contributed by atoms with Crippen molar-refractivity contribution in [2.45, 2.75) is 26.2 Å². The van der Waals surface area contributed by atoms with Crippen LogP contribution in [0.25, 0.3) is 11.0 Å². The molecule has 0 saturated carbocycles. The summed E-state index contributed by atoms with van der Waals surface area (Å²) in [6, 6.07) is 6.75. The van der Waals surface area contributed by atoms with E-state index in [0.717, 1.165) is 36.0 Å². The molecule has 1 N–H and O–H groups in total. The van der Waals surface area contributed by atoms with Crippen molar-refractivity contribution in [1.29, 1.82) is 0 Å². The van der Waals surface area contributed by atoms with Crippen LogP contribution in [0.5, 0.6) is 0 Å². The van der Waals surface area contributed by atoms with E-state index in [4.69, 9.17) is 9.62 Å². The van der Waals surface area contributed by atoms with Gasteiger partial charge in [-0.25, -0.2) is 5.21 Å². The molecule has 1 aromatic heterocycles. The summed E-state index contributed by atoms with van der Waals surface area (Å²) < 4.78 is 5.60. The van der Waals surface area contributed by atoms with Crippen molar-refractivity contribution >= 4 is 16.7 Å². The van der Waals surface area contributed by atoms with Gasteiger partial charge >= 0.3 is 5.69 Å². The molecule has 4 heteroatoms. The molecule has 1 heterocycles. The Morgan fingerprint density at radius 2 is 2.19 bits per heavy atom. The lowest BCUT2D eigenvalue weighted by atomic mass is 10.2. The van der Waals surface area contributed by atoms with Gasteiger partial charge in [-0.05, 0) is 18.6 Å². The molecule has 4 nitrogen and oxygen atoms in total. The summed E-state index contributed by atoms with van der Waals surface area (Å²) in [5.74, 6) is 0.921. The minimum atomic E-state index is -0.141. The Hall–Kier alpha value is -1.84. The van der Waals surface area contributed by atoms with Gasteiger partial charge in [0.1, 0.15) is 11.3 Å². The molecule has 0 unspecified atom stereocenters. The number of furan rings is 1. The SMILES string of the molecule is CCCCc1cc2cc([N+](=O)O)ccc2o1. The lowest BCUT2D eigenvalue weighted by Gasteiger charge is -1.91. The highest BCUT2D eigenvalue weighted by Gasteiger charge is 2.13. The van der Waals surface area contributed by atoms with E-state index in [1.165, 1.54) is 6.07 Å². The zero-order valence-corrected chi connectivity index (χ0v) is 9.14. The number of rotatable bonds is 4. The molecule has 0 aliphatic heterocycles. The zero-order chi connectivity index (χ0) is 11.5. The summed E-state index contributed by atoms with van der Waals surface area (Å²) in [4.78, 5) is 10.6. The van der Waals surface area contributed by atoms with E-state index in [1.807, 2.05) is 6.07 Å². The van der Waals surface area contributed by atoms with Crippen LogP contribution >= 0.6 is 0 Å². The lowest BCUT2D eigenvalue weighted by molar-refractivity contribution is -0.729. The van der Waals surface area contributed by atoms with Crippen LogP contribution < -0.4 is 0 Å². The Bertz CT molecular complexity index is 516. The van der Waals surface area contributed by atoms with Gasteiger partial charge in [0.25, 0.3) is 4.92 Å². The molecule has 0 radical (unpaired) electrons. The van der Waals surface area contributed by atoms with E-state index in [1.54, 1.807) is 12.1 Å². The minimum Gasteiger partial charge on any atom is -0.461 e. The Balaban J connectivity index is 2.34. The van der Waals surface area contributed by atoms with E-state index in [2.05, 4.69) is 6.92 Å². The fraction of sp³-hybridized carbons (Fsp3) is 0.333. The van der Waals surface area contributed by atoms with Crippen molar-refractivity contribution in [1.82, 2.24) is 0 Å². The molecule has 2 rings (SSSR count). The molecule has 1 aromatic carbocycles. The predicted molar refractivity (Wildman–Crippen MR) is 59.9 cm³/mol. The van der Waals surface area contributed by atoms with Crippen LogP contribution in [-0.4, -0.2) is 10.1 Å². The van der Waals surface area contributed by atoms with Gasteiger partial charge in [0.2, 0.25) is 0 Å². The Kier molecular flexibility index (Phi) is 2.90. The van der Waals surface area contributed by atoms with Crippen molar-refractivity contribution < 1.29 is 14.5 Å². The van der Waals surface area contributed by atoms with Crippen molar-refractivity contribution in [3.8, 4) is 0 Å². The molecule has 0 aliphatic rings. The molecule has 84 valence electrons. The third kappa shape index (κ3) is 2.05. The molecule has 2 aromatic rings. The topological polar surface area (TPSA) is 53.5 Å². The number of aryl methyl sites for hydroxylation is 1. The van der Waals surface area contributed by atoms with Gasteiger partial charge in [0, 0.05) is 23.9 Å². The maximum absolute atomic E-state index is 10.7. The summed E-state index contributed by atoms with van der Waals surface area (Å²) in [7, 11) is 0. The Morgan fingerprint density at radius 1 is 1.38 bits per heavy atom. The number of fused-ring (bicyclic) bond motifs is 1. The van der Waals surface area contributed by atoms with Crippen molar-refractivity contribution in [2.24, 2.45) is 0 Å². The fourth-order valence-corrected chi connectivity index (χ4v) is 1.68. The van der Waals surface area contributed by atoms with Gasteiger partial charge in [0.05, 0.1) is 4.91 Å². The normalized spacial score (nSPS) is 10.8. The first-order valence-corrected chi connectivity index (χ1v) is 5.39. The van der Waals surface area contributed by atoms with Crippen LogP contribution in [0.4, 0.5) is 5.69 Å². The van der Waals surface area contributed by atoms with Gasteiger partial charge in [-0.15, -0.1) is 0 Å². The number of hydrogen-bond acceptors (Lipinski definition) is 2. The Labute approximate surface area is 93.0 Å². The largest absolute Gasteiger partial charge is 0.461 e. The van der Waals surface area contributed by atoms with Crippen LogP contribution in [0.15, 0.2) is 28.7 Å². The second-order valence-corrected chi connectivity index (χ2v) is 3.81. The second-order valence-electron chi connectivity index (χ2n) is 3.81. The third-order valence-corrected chi connectivity index (χ3v) is 2.55. The summed E-state index contributed by atoms with van der Waals surface area (Å²) >= 11 is 0. The molecule has 0 atom stereocenters. The standard InChI is InChI=1S/C12H14NO3/c1-2-3-4-11-8-9-7-10(13(14)15)5-6-12(9)16-11/h5-8H,2-4H2,1H3,(H,14,15)/q+1. The van der Waals surface area contributed by atoms with Crippen LogP contribution in [0.3, 0.4) is 0 Å². The minimum absolute atomic E-state index is 0.141. The molecule has 0 bridgehead atoms. The number of nitrogens with zero attached hydrogens (tertiary/aromatic N) is 1. The van der Waals surface area contributed by atoms with Crippen LogP contribution in [-0.2, 0) is 6.42 Å². The van der Waals surface area contributed by atoms with Crippen molar-refractivity contribution in [3.63, 3.8) is 0 Å². The molecular formula is C12H14NO3+. The molecule has 16 heavy (non-hydrogen) atoms. The summed E-state index contributed by atoms with van der Waals surface area (Å²) in [6.45, 7) is 2.13.